The van der Waals surface area contributed by atoms with Gasteiger partial charge in [-0.05, 0) is 0 Å². The summed E-state index contributed by atoms with van der Waals surface area (Å²) in [4.78, 5) is 10.3. The van der Waals surface area contributed by atoms with Crippen molar-refractivity contribution in [1.82, 2.24) is 0 Å². The van der Waals surface area contributed by atoms with Gasteiger partial charge in [-0.25, -0.2) is 0 Å². The molecule has 0 saturated heterocycles. The zero-order valence-electron chi connectivity index (χ0n) is 6.74. The Morgan fingerprint density at radius 2 is 2.38 bits per heavy atom. The average Bonchev–Trinajstić information content (AvgIpc) is 2.05. The van der Waals surface area contributed by atoms with Crippen LogP contribution in [0.5, 0.6) is 0 Å². The first-order valence-corrected chi connectivity index (χ1v) is 4.26. The topological polar surface area (TPSA) is 80.4 Å². The summed E-state index contributed by atoms with van der Waals surface area (Å²) < 4.78 is 21.9. The summed E-state index contributed by atoms with van der Waals surface area (Å²) in [5.41, 5.74) is 7.61. The number of hydrogen-bond acceptors (Lipinski definition) is 3. The van der Waals surface area contributed by atoms with Crippen LogP contribution in [0.25, 0.3) is 0 Å². The van der Waals surface area contributed by atoms with Crippen molar-refractivity contribution in [1.29, 1.82) is 0 Å². The number of hydrogen-bond donors (Lipinski definition) is 2. The van der Waals surface area contributed by atoms with Crippen LogP contribution in [-0.4, -0.2) is 23.8 Å². The van der Waals surface area contributed by atoms with Gasteiger partial charge in [0.05, 0.1) is 0 Å². The van der Waals surface area contributed by atoms with E-state index < -0.39 is 26.6 Å². The number of carboxylic acids is 1. The molecule has 3 N–H and O–H groups in total. The molecule has 0 aliphatic carbocycles. The number of carbonyl (C=O) groups is 1. The summed E-state index contributed by atoms with van der Waals surface area (Å²) in [6.45, 7) is -0.666. The van der Waals surface area contributed by atoms with Crippen LogP contribution >= 0.6 is 7.92 Å². The van der Waals surface area contributed by atoms with E-state index in [1.807, 2.05) is 0 Å². The molecule has 1 atom stereocenters. The fourth-order valence-corrected chi connectivity index (χ4v) is 0.929. The molecule has 0 aromatic heterocycles. The molecule has 0 radical (unpaired) electrons. The monoisotopic (exact) mass is 205 g/mol. The predicted molar refractivity (Wildman–Crippen MR) is 45.8 cm³/mol. The van der Waals surface area contributed by atoms with Gasteiger partial charge in [-0.3, -0.25) is 0 Å². The molecular weight excluding hydrogens is 196 g/mol. The summed E-state index contributed by atoms with van der Waals surface area (Å²) in [5, 5.41) is 8.40. The Morgan fingerprint density at radius 3 is 2.77 bits per heavy atom. The summed E-state index contributed by atoms with van der Waals surface area (Å²) in [6.07, 6.45) is 1.09. The van der Waals surface area contributed by atoms with Crippen molar-refractivity contribution in [3.8, 4) is 5.63 Å². The van der Waals surface area contributed by atoms with Crippen molar-refractivity contribution in [2.45, 2.75) is 12.5 Å². The third-order valence-corrected chi connectivity index (χ3v) is 1.60. The first-order valence-electron chi connectivity index (χ1n) is 3.45. The molecule has 0 spiro atoms. The van der Waals surface area contributed by atoms with Crippen LogP contribution in [-0.2, 0) is 9.36 Å². The number of rotatable bonds is 4. The van der Waals surface area contributed by atoms with Crippen LogP contribution < -0.4 is 5.73 Å². The van der Waals surface area contributed by atoms with Crippen LogP contribution in [0.3, 0.4) is 0 Å². The van der Waals surface area contributed by atoms with Crippen molar-refractivity contribution < 1.29 is 18.9 Å². The number of alkyl halides is 1. The standard InChI is InChI=1S/C7H9FNO3P/c8-2-1-5(4-13-12)3-6(9)7(10)11/h3,6H,1-2,9H2,(H,10,11). The van der Waals surface area contributed by atoms with E-state index in [2.05, 4.69) is 5.63 Å². The van der Waals surface area contributed by atoms with Crippen molar-refractivity contribution in [2.75, 3.05) is 6.67 Å². The van der Waals surface area contributed by atoms with E-state index >= 15 is 0 Å². The minimum absolute atomic E-state index is 0.0315. The van der Waals surface area contributed by atoms with Gasteiger partial charge in [0.25, 0.3) is 0 Å². The van der Waals surface area contributed by atoms with E-state index in [9.17, 15) is 13.8 Å². The maximum atomic E-state index is 11.8. The van der Waals surface area contributed by atoms with E-state index in [4.69, 9.17) is 10.8 Å². The average molecular weight is 205 g/mol. The fourth-order valence-electron chi connectivity index (χ4n) is 0.625. The number of halogens is 1. The Morgan fingerprint density at radius 1 is 1.77 bits per heavy atom. The molecule has 0 aromatic carbocycles. The van der Waals surface area contributed by atoms with Gasteiger partial charge in [0.1, 0.15) is 0 Å². The van der Waals surface area contributed by atoms with Crippen molar-refractivity contribution in [3.63, 3.8) is 0 Å². The SMILES string of the molecule is NC(C=C(C#P=O)CCF)C(=O)O. The number of aliphatic carboxylic acids is 1. The second-order valence-corrected chi connectivity index (χ2v) is 2.60. The van der Waals surface area contributed by atoms with Crippen molar-refractivity contribution >= 4 is 13.9 Å². The van der Waals surface area contributed by atoms with E-state index in [1.54, 1.807) is 0 Å². The van der Waals surface area contributed by atoms with Gasteiger partial charge in [0.15, 0.2) is 0 Å². The Balaban J connectivity index is 4.57. The van der Waals surface area contributed by atoms with E-state index in [0.717, 1.165) is 6.08 Å². The summed E-state index contributed by atoms with van der Waals surface area (Å²) in [6, 6.07) is -1.21. The van der Waals surface area contributed by atoms with Gasteiger partial charge in [0, 0.05) is 0 Å². The zero-order valence-corrected chi connectivity index (χ0v) is 7.63. The predicted octanol–water partition coefficient (Wildman–Crippen LogP) is 0.935. The molecule has 4 nitrogen and oxygen atoms in total. The normalized spacial score (nSPS) is 13.2. The summed E-state index contributed by atoms with van der Waals surface area (Å²) in [5.74, 6) is -1.22. The van der Waals surface area contributed by atoms with Crippen molar-refractivity contribution in [2.24, 2.45) is 5.73 Å². The molecule has 0 amide bonds. The van der Waals surface area contributed by atoms with E-state index in [0.29, 0.717) is 0 Å². The van der Waals surface area contributed by atoms with Crippen LogP contribution in [0.1, 0.15) is 6.42 Å². The Bertz CT molecular complexity index is 309. The second-order valence-electron chi connectivity index (χ2n) is 2.20. The maximum absolute atomic E-state index is 11.8. The molecule has 72 valence electrons. The van der Waals surface area contributed by atoms with Gasteiger partial charge in [-0.1, -0.05) is 0 Å². The molecule has 1 unspecified atom stereocenters. The van der Waals surface area contributed by atoms with Crippen molar-refractivity contribution in [3.05, 3.63) is 11.6 Å². The third-order valence-electron chi connectivity index (χ3n) is 1.22. The van der Waals surface area contributed by atoms with Gasteiger partial charge >= 0.3 is 74.9 Å². The number of nitrogens with two attached hydrogens (primary N) is 1. The molecule has 6 heteroatoms. The molecule has 0 aliphatic heterocycles. The zero-order chi connectivity index (χ0) is 10.3. The number of allylic oxidation sites excluding steroid dienone is 1. The Hall–Kier alpha value is -0.890. The Labute approximate surface area is 75.7 Å². The van der Waals surface area contributed by atoms with Crippen LogP contribution in [0.4, 0.5) is 4.39 Å². The summed E-state index contributed by atoms with van der Waals surface area (Å²) in [7, 11) is -0.411. The molecule has 0 fully saturated rings. The number of carboxylic acid groups (broad SMARTS) is 1. The molecular formula is C7H9FNO3P. The van der Waals surface area contributed by atoms with E-state index in [1.165, 1.54) is 0 Å². The molecule has 0 bridgehead atoms. The molecule has 13 heavy (non-hydrogen) atoms. The van der Waals surface area contributed by atoms with Gasteiger partial charge in [-0.15, -0.1) is 0 Å². The second kappa shape index (κ2) is 6.61. The first-order chi connectivity index (χ1) is 6.11. The summed E-state index contributed by atoms with van der Waals surface area (Å²) >= 11 is 0. The van der Waals surface area contributed by atoms with Crippen LogP contribution in [0.15, 0.2) is 11.6 Å². The first kappa shape index (κ1) is 12.1. The molecule has 0 saturated carbocycles. The quantitative estimate of drug-likeness (QED) is 0.669. The van der Waals surface area contributed by atoms with Crippen LogP contribution in [0.2, 0.25) is 0 Å². The molecule has 0 heterocycles. The van der Waals surface area contributed by atoms with Gasteiger partial charge < -0.3 is 0 Å². The molecule has 0 aromatic rings. The van der Waals surface area contributed by atoms with Gasteiger partial charge in [0.2, 0.25) is 0 Å². The van der Waals surface area contributed by atoms with Gasteiger partial charge in [-0.2, -0.15) is 0 Å². The Kier molecular flexibility index (Phi) is 6.15. The minimum atomic E-state index is -1.22. The van der Waals surface area contributed by atoms with E-state index in [-0.39, 0.29) is 12.0 Å². The third kappa shape index (κ3) is 5.36. The molecule has 0 aliphatic rings. The molecule has 0 rings (SSSR count). The van der Waals surface area contributed by atoms with Crippen LogP contribution in [0, 0.1) is 5.63 Å². The fraction of sp³-hybridized carbons (Fsp3) is 0.429.